The molecule has 1 heterocycles. The second-order valence-electron chi connectivity index (χ2n) is 6.20. The average Bonchev–Trinajstić information content (AvgIpc) is 3.17. The zero-order chi connectivity index (χ0) is 16.4. The molecule has 1 saturated carbocycles. The number of nitrogens with two attached hydrogens (primary N) is 1. The number of urea groups is 1. The lowest BCUT2D eigenvalue weighted by atomic mass is 9.97. The van der Waals surface area contributed by atoms with Crippen LogP contribution < -0.4 is 21.3 Å². The molecule has 0 aromatic heterocycles. The molecule has 3 rings (SSSR count). The first-order chi connectivity index (χ1) is 11.0. The highest BCUT2D eigenvalue weighted by Gasteiger charge is 2.34. The Morgan fingerprint density at radius 2 is 2.13 bits per heavy atom. The third-order valence-corrected chi connectivity index (χ3v) is 5.01. The van der Waals surface area contributed by atoms with E-state index in [0.717, 1.165) is 25.7 Å². The van der Waals surface area contributed by atoms with Gasteiger partial charge in [-0.15, -0.1) is 0 Å². The van der Waals surface area contributed by atoms with Crippen LogP contribution in [0.15, 0.2) is 18.2 Å². The maximum absolute atomic E-state index is 12.6. The van der Waals surface area contributed by atoms with Crippen LogP contribution in [0.25, 0.3) is 0 Å². The van der Waals surface area contributed by atoms with Crippen LogP contribution in [0.2, 0.25) is 5.02 Å². The van der Waals surface area contributed by atoms with Gasteiger partial charge >= 0.3 is 6.03 Å². The van der Waals surface area contributed by atoms with Gasteiger partial charge in [0, 0.05) is 25.2 Å². The van der Waals surface area contributed by atoms with Crippen LogP contribution in [-0.2, 0) is 0 Å². The highest BCUT2D eigenvalue weighted by molar-refractivity contribution is 6.34. The summed E-state index contributed by atoms with van der Waals surface area (Å²) in [4.78, 5) is 26.0. The first-order valence-electron chi connectivity index (χ1n) is 7.92. The number of nitrogens with one attached hydrogen (secondary N) is 2. The first-order valence-corrected chi connectivity index (χ1v) is 8.30. The first kappa shape index (κ1) is 16.1. The predicted octanol–water partition coefficient (Wildman–Crippen LogP) is 1.87. The zero-order valence-electron chi connectivity index (χ0n) is 12.9. The number of amides is 3. The van der Waals surface area contributed by atoms with E-state index in [1.165, 1.54) is 0 Å². The molecule has 1 aromatic rings. The topological polar surface area (TPSA) is 87.5 Å². The highest BCUT2D eigenvalue weighted by Crippen LogP contribution is 2.31. The van der Waals surface area contributed by atoms with E-state index < -0.39 is 0 Å². The van der Waals surface area contributed by atoms with E-state index in [-0.39, 0.29) is 17.5 Å². The normalized spacial score (nSPS) is 19.7. The summed E-state index contributed by atoms with van der Waals surface area (Å²) in [5, 5.41) is 6.26. The van der Waals surface area contributed by atoms with Crippen LogP contribution in [0.4, 0.5) is 10.5 Å². The predicted molar refractivity (Wildman–Crippen MR) is 89.9 cm³/mol. The van der Waals surface area contributed by atoms with E-state index in [9.17, 15) is 9.59 Å². The molecule has 124 valence electrons. The van der Waals surface area contributed by atoms with Crippen molar-refractivity contribution in [2.24, 2.45) is 5.73 Å². The van der Waals surface area contributed by atoms with Gasteiger partial charge in [0.2, 0.25) is 0 Å². The molecule has 1 aromatic carbocycles. The van der Waals surface area contributed by atoms with Gasteiger partial charge in [-0.2, -0.15) is 0 Å². The van der Waals surface area contributed by atoms with E-state index >= 15 is 0 Å². The van der Waals surface area contributed by atoms with Crippen molar-refractivity contribution in [2.75, 3.05) is 24.5 Å². The van der Waals surface area contributed by atoms with Crippen molar-refractivity contribution in [1.82, 2.24) is 10.6 Å². The van der Waals surface area contributed by atoms with Gasteiger partial charge in [-0.1, -0.05) is 24.4 Å². The number of anilines is 1. The molecule has 3 amide bonds. The third-order valence-electron chi connectivity index (χ3n) is 4.69. The minimum absolute atomic E-state index is 0.171. The van der Waals surface area contributed by atoms with Crippen LogP contribution in [0.1, 0.15) is 36.0 Å². The van der Waals surface area contributed by atoms with Crippen molar-refractivity contribution in [2.45, 2.75) is 31.2 Å². The van der Waals surface area contributed by atoms with Crippen LogP contribution >= 0.6 is 11.6 Å². The van der Waals surface area contributed by atoms with Crippen molar-refractivity contribution >= 4 is 29.2 Å². The smallest absolute Gasteiger partial charge is 0.322 e. The monoisotopic (exact) mass is 336 g/mol. The van der Waals surface area contributed by atoms with E-state index in [1.807, 2.05) is 0 Å². The Bertz CT molecular complexity index is 629. The van der Waals surface area contributed by atoms with Gasteiger partial charge in [-0.25, -0.2) is 4.79 Å². The van der Waals surface area contributed by atoms with Gasteiger partial charge < -0.3 is 16.4 Å². The Hall–Kier alpha value is -1.79. The number of carbonyl (C=O) groups excluding carboxylic acids is 2. The fourth-order valence-corrected chi connectivity index (χ4v) is 3.53. The number of rotatable bonds is 4. The molecule has 6 nitrogen and oxygen atoms in total. The molecule has 0 radical (unpaired) electrons. The summed E-state index contributed by atoms with van der Waals surface area (Å²) in [7, 11) is 0. The summed E-state index contributed by atoms with van der Waals surface area (Å²) >= 11 is 6.20. The van der Waals surface area contributed by atoms with Crippen LogP contribution in [0, 0.1) is 0 Å². The molecule has 1 aliphatic heterocycles. The molecular weight excluding hydrogens is 316 g/mol. The van der Waals surface area contributed by atoms with E-state index in [1.54, 1.807) is 23.1 Å². The molecule has 1 saturated heterocycles. The van der Waals surface area contributed by atoms with Crippen molar-refractivity contribution in [3.05, 3.63) is 28.8 Å². The minimum atomic E-state index is -0.304. The van der Waals surface area contributed by atoms with Gasteiger partial charge in [-0.3, -0.25) is 9.69 Å². The minimum Gasteiger partial charge on any atom is -0.345 e. The van der Waals surface area contributed by atoms with Crippen molar-refractivity contribution in [3.63, 3.8) is 0 Å². The maximum Gasteiger partial charge on any atom is 0.322 e. The fourth-order valence-electron chi connectivity index (χ4n) is 3.31. The molecule has 2 fully saturated rings. The number of benzene rings is 1. The van der Waals surface area contributed by atoms with Gasteiger partial charge in [0.1, 0.15) is 0 Å². The Labute approximate surface area is 140 Å². The molecule has 7 heteroatoms. The molecule has 2 aliphatic rings. The second kappa shape index (κ2) is 6.37. The number of hydrogen-bond acceptors (Lipinski definition) is 3. The Morgan fingerprint density at radius 3 is 2.74 bits per heavy atom. The van der Waals surface area contributed by atoms with Gasteiger partial charge in [0.05, 0.1) is 16.2 Å². The number of nitrogens with zero attached hydrogens (tertiary/aromatic N) is 1. The highest BCUT2D eigenvalue weighted by atomic mass is 35.5. The summed E-state index contributed by atoms with van der Waals surface area (Å²) in [5.74, 6) is -0.171. The van der Waals surface area contributed by atoms with Gasteiger partial charge in [-0.05, 0) is 31.0 Å². The summed E-state index contributed by atoms with van der Waals surface area (Å²) in [5.41, 5.74) is 6.61. The fraction of sp³-hybridized carbons (Fsp3) is 0.500. The van der Waals surface area contributed by atoms with Crippen molar-refractivity contribution < 1.29 is 9.59 Å². The van der Waals surface area contributed by atoms with Crippen LogP contribution in [0.5, 0.6) is 0 Å². The van der Waals surface area contributed by atoms with E-state index in [2.05, 4.69) is 10.6 Å². The van der Waals surface area contributed by atoms with Crippen molar-refractivity contribution in [3.8, 4) is 0 Å². The lowest BCUT2D eigenvalue weighted by molar-refractivity contribution is 0.0903. The molecule has 0 spiro atoms. The molecule has 23 heavy (non-hydrogen) atoms. The Balaban J connectivity index is 1.82. The van der Waals surface area contributed by atoms with Gasteiger partial charge in [0.15, 0.2) is 0 Å². The molecule has 4 N–H and O–H groups in total. The summed E-state index contributed by atoms with van der Waals surface area (Å²) < 4.78 is 0. The molecule has 0 unspecified atom stereocenters. The summed E-state index contributed by atoms with van der Waals surface area (Å²) in [6, 6.07) is 4.80. The molecule has 0 bridgehead atoms. The Kier molecular flexibility index (Phi) is 4.46. The standard InChI is InChI=1S/C16H21ClN4O2/c17-12-4-3-11(9-13(12)21-8-7-19-15(21)23)14(22)20-16(10-18)5-1-2-6-16/h3-4,9H,1-2,5-8,10,18H2,(H,19,23)(H,20,22). The zero-order valence-corrected chi connectivity index (χ0v) is 13.7. The quantitative estimate of drug-likeness (QED) is 0.784. The molecular formula is C16H21ClN4O2. The van der Waals surface area contributed by atoms with E-state index in [4.69, 9.17) is 17.3 Å². The number of halogens is 1. The molecule has 1 aliphatic carbocycles. The third kappa shape index (κ3) is 3.14. The number of carbonyl (C=O) groups is 2. The van der Waals surface area contributed by atoms with E-state index in [0.29, 0.717) is 35.9 Å². The second-order valence-corrected chi connectivity index (χ2v) is 6.60. The lowest BCUT2D eigenvalue weighted by Gasteiger charge is -2.29. The van der Waals surface area contributed by atoms with Crippen LogP contribution in [-0.4, -0.2) is 37.1 Å². The number of hydrogen-bond donors (Lipinski definition) is 3. The largest absolute Gasteiger partial charge is 0.345 e. The summed E-state index contributed by atoms with van der Waals surface area (Å²) in [6.45, 7) is 1.55. The van der Waals surface area contributed by atoms with Crippen LogP contribution in [0.3, 0.4) is 0 Å². The lowest BCUT2D eigenvalue weighted by Crippen LogP contribution is -2.51. The Morgan fingerprint density at radius 1 is 1.39 bits per heavy atom. The summed E-state index contributed by atoms with van der Waals surface area (Å²) in [6.07, 6.45) is 3.98. The average molecular weight is 337 g/mol. The SMILES string of the molecule is NCC1(NC(=O)c2ccc(Cl)c(N3CCNC3=O)c2)CCCC1. The maximum atomic E-state index is 12.6. The van der Waals surface area contributed by atoms with Crippen molar-refractivity contribution in [1.29, 1.82) is 0 Å². The molecule has 0 atom stereocenters. The van der Waals surface area contributed by atoms with Gasteiger partial charge in [0.25, 0.3) is 5.91 Å².